The summed E-state index contributed by atoms with van der Waals surface area (Å²) in [6.45, 7) is 8.73. The van der Waals surface area contributed by atoms with Gasteiger partial charge in [0.05, 0.1) is 17.6 Å². The molecule has 366 valence electrons. The Kier molecular flexibility index (Phi) is 15.2. The molecule has 4 amide bonds. The number of imide groups is 1. The first-order valence-corrected chi connectivity index (χ1v) is 24.2. The molecule has 3 atom stereocenters. The van der Waals surface area contributed by atoms with Crippen molar-refractivity contribution < 1.29 is 28.0 Å². The van der Waals surface area contributed by atoms with E-state index in [4.69, 9.17) is 5.41 Å². The Labute approximate surface area is 395 Å². The summed E-state index contributed by atoms with van der Waals surface area (Å²) < 4.78 is 32.3. The zero-order valence-corrected chi connectivity index (χ0v) is 39.5. The van der Waals surface area contributed by atoms with Gasteiger partial charge in [-0.1, -0.05) is 12.1 Å². The van der Waals surface area contributed by atoms with Crippen LogP contribution in [0.3, 0.4) is 0 Å². The monoisotopic (exact) mass is 941 g/mol. The molecule has 0 radical (unpaired) electrons. The highest BCUT2D eigenvalue weighted by molar-refractivity contribution is 6.09. The van der Waals surface area contributed by atoms with Crippen LogP contribution in [0.1, 0.15) is 86.6 Å². The van der Waals surface area contributed by atoms with Crippen LogP contribution in [0.4, 0.5) is 14.5 Å². The Hall–Kier alpha value is -5.79. The second-order valence-electron chi connectivity index (χ2n) is 19.0. The van der Waals surface area contributed by atoms with Crippen molar-refractivity contribution in [2.24, 2.45) is 13.0 Å². The average molecular weight is 941 g/mol. The number of carbonyl (C=O) groups is 4. The van der Waals surface area contributed by atoms with Crippen molar-refractivity contribution in [3.05, 3.63) is 69.3 Å². The van der Waals surface area contributed by atoms with Crippen LogP contribution in [0.2, 0.25) is 0 Å². The smallest absolute Gasteiger partial charge is 0.329 e. The van der Waals surface area contributed by atoms with Gasteiger partial charge in [0.25, 0.3) is 6.43 Å². The van der Waals surface area contributed by atoms with Gasteiger partial charge in [0.15, 0.2) is 0 Å². The molecule has 2 unspecified atom stereocenters. The van der Waals surface area contributed by atoms with Crippen LogP contribution < -0.4 is 26.5 Å². The summed E-state index contributed by atoms with van der Waals surface area (Å²) in [5.41, 5.74) is 4.19. The van der Waals surface area contributed by atoms with Crippen molar-refractivity contribution >= 4 is 58.0 Å². The molecule has 68 heavy (non-hydrogen) atoms. The molecule has 8 rings (SSSR count). The number of benzene rings is 2. The molecule has 3 aromatic rings. The first-order valence-electron chi connectivity index (χ1n) is 24.2. The molecule has 5 aliphatic rings. The number of carbonyl (C=O) groups excluding carboxylic acids is 4. The number of hydrogen-bond acceptors (Lipinski definition) is 11. The number of rotatable bonds is 14. The average Bonchev–Trinajstić information content (AvgIpc) is 3.59. The number of fused-ring (bicyclic) bond motifs is 2. The molecular weight excluding hydrogens is 875 g/mol. The second kappa shape index (κ2) is 21.2. The molecule has 0 aliphatic carbocycles. The van der Waals surface area contributed by atoms with Gasteiger partial charge in [-0.2, -0.15) is 0 Å². The molecule has 6 heterocycles. The maximum absolute atomic E-state index is 14.6. The van der Waals surface area contributed by atoms with E-state index < -0.39 is 18.4 Å². The van der Waals surface area contributed by atoms with Crippen molar-refractivity contribution in [1.29, 1.82) is 10.8 Å². The van der Waals surface area contributed by atoms with Crippen molar-refractivity contribution in [3.63, 3.8) is 0 Å². The number of hydrogen-bond donors (Lipinski definition) is 5. The van der Waals surface area contributed by atoms with Crippen molar-refractivity contribution in [1.82, 2.24) is 44.7 Å². The first-order chi connectivity index (χ1) is 32.8. The Morgan fingerprint density at radius 2 is 1.68 bits per heavy atom. The number of amidine groups is 1. The third kappa shape index (κ3) is 10.3. The zero-order chi connectivity index (χ0) is 48.2. The minimum absolute atomic E-state index is 0.0601. The van der Waals surface area contributed by atoms with E-state index in [1.165, 1.54) is 23.8 Å². The van der Waals surface area contributed by atoms with Crippen LogP contribution in [-0.2, 0) is 39.1 Å². The number of alkyl halides is 2. The Balaban J connectivity index is 0.819. The standard InChI is InChI=1S/C49H66F2N12O5/c1-31(64)61-20-15-39(38(29-61)47(53)62-17-6-9-33-25-36(34(27-52)28-54-2)37(46(50)51)26-42(33)62)55-35-13-18-60(19-14-35)44(66)30-59-23-21-58(22-24-59)16-5-8-32-7-4-10-40-45(32)57(3)49(68)63(40)41-11-12-43(65)56-48(41)67/h4,7,10,25-28,35,38-39,41,46,52-55H,5-6,8-9,11-24,29-30H2,1-3H3,(H,56,65,67)/b34-28+,52-27?,53-47?/t38?,39?,41-/m0/s1. The Bertz CT molecular complexity index is 2510. The van der Waals surface area contributed by atoms with Gasteiger partial charge in [-0.25, -0.2) is 13.6 Å². The highest BCUT2D eigenvalue weighted by Crippen LogP contribution is 2.38. The lowest BCUT2D eigenvalue weighted by Crippen LogP contribution is -2.59. The predicted molar refractivity (Wildman–Crippen MR) is 257 cm³/mol. The summed E-state index contributed by atoms with van der Waals surface area (Å²) >= 11 is 0. The van der Waals surface area contributed by atoms with E-state index in [0.29, 0.717) is 86.7 Å². The molecule has 2 aromatic carbocycles. The van der Waals surface area contributed by atoms with Gasteiger partial charge in [0.2, 0.25) is 23.6 Å². The van der Waals surface area contributed by atoms with Gasteiger partial charge in [-0.05, 0) is 92.8 Å². The number of nitrogens with one attached hydrogen (secondary N) is 5. The number of nitrogens with zero attached hydrogens (tertiary/aromatic N) is 7. The van der Waals surface area contributed by atoms with Gasteiger partial charge in [0, 0.05) is 134 Å². The summed E-state index contributed by atoms with van der Waals surface area (Å²) in [5.74, 6) is -0.758. The first kappa shape index (κ1) is 48.7. The summed E-state index contributed by atoms with van der Waals surface area (Å²) in [5, 5.41) is 26.5. The van der Waals surface area contributed by atoms with E-state index >= 15 is 0 Å². The molecule has 5 N–H and O–H groups in total. The van der Waals surface area contributed by atoms with E-state index in [9.17, 15) is 38.2 Å². The van der Waals surface area contributed by atoms with E-state index in [2.05, 4.69) is 25.8 Å². The zero-order valence-electron chi connectivity index (χ0n) is 39.5. The van der Waals surface area contributed by atoms with Gasteiger partial charge < -0.3 is 35.6 Å². The summed E-state index contributed by atoms with van der Waals surface area (Å²) in [4.78, 5) is 74.3. The van der Waals surface area contributed by atoms with Crippen LogP contribution >= 0.6 is 0 Å². The SMILES string of the molecule is CN/C=C(\C=N)c1cc2c(cc1C(F)F)N(C(=N)C1CN(C(C)=O)CCC1NC1CCN(C(=O)CN3CCN(CCCc4cccc5c4n(C)c(=O)n5[C@H]4CCC(=O)NC4=O)CC3)CC1)CCC2. The third-order valence-electron chi connectivity index (χ3n) is 14.8. The number of imidazole rings is 1. The number of likely N-dealkylation sites (tertiary alicyclic amines) is 2. The van der Waals surface area contributed by atoms with Crippen LogP contribution in [0, 0.1) is 16.7 Å². The molecule has 0 bridgehead atoms. The predicted octanol–water partition coefficient (Wildman–Crippen LogP) is 3.26. The second-order valence-corrected chi connectivity index (χ2v) is 19.0. The molecule has 5 aliphatic heterocycles. The maximum Gasteiger partial charge on any atom is 0.329 e. The number of anilines is 1. The fraction of sp³-hybridized carbons (Fsp3) is 0.571. The fourth-order valence-electron chi connectivity index (χ4n) is 11.1. The van der Waals surface area contributed by atoms with Crippen molar-refractivity contribution in [3.8, 4) is 0 Å². The van der Waals surface area contributed by atoms with Crippen molar-refractivity contribution in [2.75, 3.05) is 83.9 Å². The van der Waals surface area contributed by atoms with Gasteiger partial charge in [-0.15, -0.1) is 0 Å². The molecule has 0 spiro atoms. The number of halogens is 2. The van der Waals surface area contributed by atoms with E-state index in [1.807, 2.05) is 28.0 Å². The number of piperazine rings is 1. The van der Waals surface area contributed by atoms with Crippen molar-refractivity contribution in [2.45, 2.75) is 89.3 Å². The molecule has 17 nitrogen and oxygen atoms in total. The lowest BCUT2D eigenvalue weighted by Gasteiger charge is -2.45. The summed E-state index contributed by atoms with van der Waals surface area (Å²) in [7, 11) is 3.39. The highest BCUT2D eigenvalue weighted by atomic mass is 19.3. The fourth-order valence-corrected chi connectivity index (χ4v) is 11.1. The van der Waals surface area contributed by atoms with Crippen LogP contribution in [0.25, 0.3) is 16.6 Å². The largest absolute Gasteiger partial charge is 0.393 e. The molecule has 1 aromatic heterocycles. The normalized spacial score (nSPS) is 22.4. The van der Waals surface area contributed by atoms with Crippen LogP contribution in [0.15, 0.2) is 41.3 Å². The Morgan fingerprint density at radius 1 is 0.941 bits per heavy atom. The topological polar surface area (TPSA) is 195 Å². The number of aryl methyl sites for hydroxylation is 3. The molecular formula is C49H66F2N12O5. The van der Waals surface area contributed by atoms with Gasteiger partial charge in [-0.3, -0.25) is 43.9 Å². The molecule has 19 heteroatoms. The number of allylic oxidation sites excluding steroid dienone is 1. The molecule has 4 saturated heterocycles. The van der Waals surface area contributed by atoms with Gasteiger partial charge >= 0.3 is 5.69 Å². The van der Waals surface area contributed by atoms with E-state index in [0.717, 1.165) is 87.7 Å². The number of piperidine rings is 3. The highest BCUT2D eigenvalue weighted by Gasteiger charge is 2.39. The van der Waals surface area contributed by atoms with Crippen LogP contribution in [0.5, 0.6) is 0 Å². The minimum atomic E-state index is -2.78. The maximum atomic E-state index is 14.6. The summed E-state index contributed by atoms with van der Waals surface area (Å²) in [6.07, 6.45) is 5.54. The van der Waals surface area contributed by atoms with E-state index in [1.54, 1.807) is 29.6 Å². The third-order valence-corrected chi connectivity index (χ3v) is 14.8. The summed E-state index contributed by atoms with van der Waals surface area (Å²) in [6, 6.07) is 8.33. The number of para-hydroxylation sites is 1. The lowest BCUT2D eigenvalue weighted by molar-refractivity contribution is -0.136. The number of aromatic nitrogens is 2. The lowest BCUT2D eigenvalue weighted by atomic mass is 9.86. The quantitative estimate of drug-likeness (QED) is 0.0911. The Morgan fingerprint density at radius 3 is 2.37 bits per heavy atom. The van der Waals surface area contributed by atoms with Gasteiger partial charge in [0.1, 0.15) is 11.9 Å². The number of amides is 4. The van der Waals surface area contributed by atoms with E-state index in [-0.39, 0.29) is 53.4 Å². The van der Waals surface area contributed by atoms with Crippen LogP contribution in [-0.4, -0.2) is 156 Å². The molecule has 0 saturated carbocycles. The minimum Gasteiger partial charge on any atom is -0.393 e. The molecule has 4 fully saturated rings.